The van der Waals surface area contributed by atoms with Gasteiger partial charge in [0.1, 0.15) is 11.2 Å². The molecule has 0 aliphatic carbocycles. The van der Waals surface area contributed by atoms with Gasteiger partial charge in [-0.15, -0.1) is 0 Å². The lowest BCUT2D eigenvalue weighted by atomic mass is 10.1. The van der Waals surface area contributed by atoms with Gasteiger partial charge in [-0.05, 0) is 24.3 Å². The average molecular weight is 404 g/mol. The number of fused-ring (bicyclic) bond motifs is 1. The Balaban J connectivity index is 1.95. The highest BCUT2D eigenvalue weighted by atomic mass is 35.5. The first-order valence-corrected chi connectivity index (χ1v) is 8.91. The molecule has 2 aromatic heterocycles. The van der Waals surface area contributed by atoms with Crippen LogP contribution in [0, 0.1) is 5.82 Å². The van der Waals surface area contributed by atoms with E-state index in [1.165, 1.54) is 10.8 Å². The third-order valence-electron chi connectivity index (χ3n) is 4.60. The number of carboxylic acids is 1. The normalized spacial score (nSPS) is 14.4. The fraction of sp³-hybridized carbons (Fsp3) is 0.211. The van der Waals surface area contributed by atoms with Crippen LogP contribution in [0.1, 0.15) is 10.4 Å². The van der Waals surface area contributed by atoms with Crippen LogP contribution >= 0.6 is 11.6 Å². The maximum absolute atomic E-state index is 13.9. The molecule has 28 heavy (non-hydrogen) atoms. The van der Waals surface area contributed by atoms with E-state index in [0.29, 0.717) is 18.9 Å². The first-order valence-electron chi connectivity index (χ1n) is 8.53. The molecule has 1 aliphatic rings. The third-order valence-corrected chi connectivity index (χ3v) is 4.87. The number of halogens is 2. The highest BCUT2D eigenvalue weighted by Crippen LogP contribution is 2.24. The summed E-state index contributed by atoms with van der Waals surface area (Å²) in [6.07, 6.45) is 1.19. The van der Waals surface area contributed by atoms with E-state index in [0.717, 1.165) is 24.8 Å². The van der Waals surface area contributed by atoms with Crippen molar-refractivity contribution >= 4 is 34.3 Å². The lowest BCUT2D eigenvalue weighted by Crippen LogP contribution is -2.36. The van der Waals surface area contributed by atoms with Crippen molar-refractivity contribution in [3.63, 3.8) is 0 Å². The van der Waals surface area contributed by atoms with Crippen molar-refractivity contribution in [2.45, 2.75) is 0 Å². The number of rotatable bonds is 3. The van der Waals surface area contributed by atoms with Gasteiger partial charge < -0.3 is 19.3 Å². The van der Waals surface area contributed by atoms with Crippen molar-refractivity contribution in [1.29, 1.82) is 0 Å². The van der Waals surface area contributed by atoms with E-state index >= 15 is 0 Å². The van der Waals surface area contributed by atoms with E-state index in [4.69, 9.17) is 16.3 Å². The van der Waals surface area contributed by atoms with Crippen molar-refractivity contribution in [1.82, 2.24) is 9.55 Å². The molecule has 3 heterocycles. The molecule has 0 atom stereocenters. The molecule has 0 spiro atoms. The van der Waals surface area contributed by atoms with Crippen LogP contribution in [0.5, 0.6) is 0 Å². The van der Waals surface area contributed by atoms with Crippen LogP contribution in [-0.2, 0) is 4.74 Å². The Labute approximate surface area is 163 Å². The highest BCUT2D eigenvalue weighted by molar-refractivity contribution is 6.29. The van der Waals surface area contributed by atoms with E-state index in [-0.39, 0.29) is 11.0 Å². The summed E-state index contributed by atoms with van der Waals surface area (Å²) in [5.41, 5.74) is 0.281. The number of hydrogen-bond donors (Lipinski definition) is 1. The summed E-state index contributed by atoms with van der Waals surface area (Å²) in [5.74, 6) is -2.29. The Morgan fingerprint density at radius 1 is 1.21 bits per heavy atom. The number of carbonyl (C=O) groups is 1. The minimum atomic E-state index is -1.40. The zero-order valence-electron chi connectivity index (χ0n) is 14.6. The molecule has 1 fully saturated rings. The Kier molecular flexibility index (Phi) is 4.74. The summed E-state index contributed by atoms with van der Waals surface area (Å²) in [7, 11) is 0. The number of morpholine rings is 1. The fourth-order valence-corrected chi connectivity index (χ4v) is 3.35. The molecule has 1 saturated heterocycles. The summed E-state index contributed by atoms with van der Waals surface area (Å²) >= 11 is 5.81. The standard InChI is InChI=1S/C19H15ClFN3O4/c20-17-15(21)9-13-16(25)14(19(26)27)10-24(18(13)22-17)12-3-1-2-11(8-12)23-4-6-28-7-5-23/h1-3,8-10H,4-7H2,(H,26,27). The molecule has 4 rings (SSSR count). The van der Waals surface area contributed by atoms with Crippen molar-refractivity contribution in [3.8, 4) is 5.69 Å². The van der Waals surface area contributed by atoms with Gasteiger partial charge in [-0.3, -0.25) is 4.79 Å². The highest BCUT2D eigenvalue weighted by Gasteiger charge is 2.19. The van der Waals surface area contributed by atoms with Gasteiger partial charge in [0.25, 0.3) is 0 Å². The molecule has 3 aromatic rings. The van der Waals surface area contributed by atoms with Crippen molar-refractivity contribution < 1.29 is 19.0 Å². The van der Waals surface area contributed by atoms with Crippen LogP contribution in [0.25, 0.3) is 16.7 Å². The monoisotopic (exact) mass is 403 g/mol. The number of ether oxygens (including phenoxy) is 1. The van der Waals surface area contributed by atoms with Gasteiger partial charge in [0.15, 0.2) is 11.0 Å². The molecule has 7 nitrogen and oxygen atoms in total. The second kappa shape index (κ2) is 7.21. The largest absolute Gasteiger partial charge is 0.477 e. The molecular weight excluding hydrogens is 389 g/mol. The zero-order valence-corrected chi connectivity index (χ0v) is 15.3. The number of aromatic carboxylic acids is 1. The van der Waals surface area contributed by atoms with Crippen LogP contribution in [0.2, 0.25) is 5.15 Å². The van der Waals surface area contributed by atoms with Crippen LogP contribution in [0.4, 0.5) is 10.1 Å². The van der Waals surface area contributed by atoms with Crippen LogP contribution in [0.15, 0.2) is 41.3 Å². The first-order chi connectivity index (χ1) is 13.5. The van der Waals surface area contributed by atoms with Crippen LogP contribution in [-0.4, -0.2) is 46.9 Å². The number of pyridine rings is 2. The number of hydrogen-bond acceptors (Lipinski definition) is 5. The molecule has 1 aromatic carbocycles. The zero-order chi connectivity index (χ0) is 19.8. The number of nitrogens with zero attached hydrogens (tertiary/aromatic N) is 3. The van der Waals surface area contributed by atoms with Gasteiger partial charge in [0, 0.05) is 30.7 Å². The van der Waals surface area contributed by atoms with E-state index in [1.54, 1.807) is 6.07 Å². The van der Waals surface area contributed by atoms with Gasteiger partial charge in [-0.1, -0.05) is 17.7 Å². The minimum absolute atomic E-state index is 0.0838. The predicted molar refractivity (Wildman–Crippen MR) is 102 cm³/mol. The van der Waals surface area contributed by atoms with Crippen molar-refractivity contribution in [3.05, 3.63) is 63.3 Å². The van der Waals surface area contributed by atoms with Crippen LogP contribution in [0.3, 0.4) is 0 Å². The van der Waals surface area contributed by atoms with Crippen LogP contribution < -0.4 is 10.3 Å². The first kappa shape index (κ1) is 18.4. The second-order valence-corrected chi connectivity index (χ2v) is 6.66. The third kappa shape index (κ3) is 3.21. The van der Waals surface area contributed by atoms with Gasteiger partial charge in [0.2, 0.25) is 5.43 Å². The Morgan fingerprint density at radius 3 is 2.64 bits per heavy atom. The molecule has 1 aliphatic heterocycles. The molecule has 0 bridgehead atoms. The maximum Gasteiger partial charge on any atom is 0.341 e. The second-order valence-electron chi connectivity index (χ2n) is 6.30. The predicted octanol–water partition coefficient (Wildman–Crippen LogP) is 2.71. The quantitative estimate of drug-likeness (QED) is 0.677. The number of benzene rings is 1. The maximum atomic E-state index is 13.9. The molecule has 1 N–H and O–H groups in total. The topological polar surface area (TPSA) is 84.7 Å². The number of aromatic nitrogens is 2. The van der Waals surface area contributed by atoms with E-state index in [2.05, 4.69) is 9.88 Å². The SMILES string of the molecule is O=C(O)c1cn(-c2cccc(N3CCOCC3)c2)c2nc(Cl)c(F)cc2c1=O. The van der Waals surface area contributed by atoms with Crippen molar-refractivity contribution in [2.75, 3.05) is 31.2 Å². The molecule has 0 radical (unpaired) electrons. The summed E-state index contributed by atoms with van der Waals surface area (Å²) in [6, 6.07) is 8.26. The number of anilines is 1. The summed E-state index contributed by atoms with van der Waals surface area (Å²) in [5, 5.41) is 8.85. The minimum Gasteiger partial charge on any atom is -0.477 e. The fourth-order valence-electron chi connectivity index (χ4n) is 3.21. The van der Waals surface area contributed by atoms with E-state index in [9.17, 15) is 19.1 Å². The Bertz CT molecular complexity index is 1140. The molecule has 144 valence electrons. The molecule has 0 unspecified atom stereocenters. The Hall–Kier alpha value is -2.97. The van der Waals surface area contributed by atoms with E-state index < -0.39 is 27.9 Å². The van der Waals surface area contributed by atoms with Gasteiger partial charge in [-0.25, -0.2) is 14.2 Å². The van der Waals surface area contributed by atoms with Gasteiger partial charge in [-0.2, -0.15) is 0 Å². The molecule has 0 amide bonds. The lowest BCUT2D eigenvalue weighted by molar-refractivity contribution is 0.0695. The average Bonchev–Trinajstić information content (AvgIpc) is 2.70. The van der Waals surface area contributed by atoms with Gasteiger partial charge >= 0.3 is 5.97 Å². The van der Waals surface area contributed by atoms with Crippen molar-refractivity contribution in [2.24, 2.45) is 0 Å². The Morgan fingerprint density at radius 2 is 1.93 bits per heavy atom. The summed E-state index contributed by atoms with van der Waals surface area (Å²) in [6.45, 7) is 2.68. The van der Waals surface area contributed by atoms with Gasteiger partial charge in [0.05, 0.1) is 18.6 Å². The molecule has 0 saturated carbocycles. The van der Waals surface area contributed by atoms with E-state index in [1.807, 2.05) is 18.2 Å². The molecular formula is C19H15ClFN3O4. The summed E-state index contributed by atoms with van der Waals surface area (Å²) < 4.78 is 20.7. The molecule has 9 heteroatoms. The lowest BCUT2D eigenvalue weighted by Gasteiger charge is -2.29. The number of carboxylic acid groups (broad SMARTS) is 1. The summed E-state index contributed by atoms with van der Waals surface area (Å²) in [4.78, 5) is 30.1. The smallest absolute Gasteiger partial charge is 0.341 e.